The van der Waals surface area contributed by atoms with E-state index in [4.69, 9.17) is 11.6 Å². The molecule has 0 aliphatic rings. The molecule has 0 amide bonds. The van der Waals surface area contributed by atoms with Crippen LogP contribution in [0, 0.1) is 17.0 Å². The Morgan fingerprint density at radius 3 is 2.57 bits per heavy atom. The molecule has 2 rings (SSSR count). The maximum Gasteiger partial charge on any atom is 0.276 e. The molecular formula is C14H12ClN3O4S. The Balaban J connectivity index is 2.21. The summed E-state index contributed by atoms with van der Waals surface area (Å²) in [6, 6.07) is 10.3. The van der Waals surface area contributed by atoms with Crippen LogP contribution in [-0.2, 0) is 10.0 Å². The van der Waals surface area contributed by atoms with Gasteiger partial charge in [0.1, 0.15) is 0 Å². The number of halogens is 1. The SMILES string of the molecule is Cc1cc(S(=O)(=O)N/N=C\c2ccccc2Cl)ccc1[N+](=O)[O-]. The van der Waals surface area contributed by atoms with Crippen molar-refractivity contribution in [2.45, 2.75) is 11.8 Å². The van der Waals surface area contributed by atoms with Crippen molar-refractivity contribution in [3.05, 3.63) is 68.7 Å². The zero-order chi connectivity index (χ0) is 17.0. The summed E-state index contributed by atoms with van der Waals surface area (Å²) < 4.78 is 24.2. The molecule has 0 spiro atoms. The first-order chi connectivity index (χ1) is 10.8. The molecule has 0 fully saturated rings. The van der Waals surface area contributed by atoms with Gasteiger partial charge < -0.3 is 0 Å². The van der Waals surface area contributed by atoms with Crippen molar-refractivity contribution in [1.82, 2.24) is 4.83 Å². The third kappa shape index (κ3) is 4.05. The summed E-state index contributed by atoms with van der Waals surface area (Å²) in [6.45, 7) is 1.46. The second-order valence-corrected chi connectivity index (χ2v) is 6.65. The molecule has 0 saturated carbocycles. The van der Waals surface area contributed by atoms with Crippen molar-refractivity contribution in [1.29, 1.82) is 0 Å². The second-order valence-electron chi connectivity index (χ2n) is 4.58. The number of nitro benzene ring substituents is 1. The van der Waals surface area contributed by atoms with E-state index in [1.165, 1.54) is 19.2 Å². The van der Waals surface area contributed by atoms with E-state index < -0.39 is 14.9 Å². The van der Waals surface area contributed by atoms with E-state index in [1.54, 1.807) is 24.3 Å². The Bertz CT molecular complexity index is 881. The fourth-order valence-corrected chi connectivity index (χ4v) is 2.86. The molecule has 23 heavy (non-hydrogen) atoms. The first-order valence-electron chi connectivity index (χ1n) is 6.36. The molecule has 120 valence electrons. The minimum Gasteiger partial charge on any atom is -0.258 e. The predicted octanol–water partition coefficient (Wildman–Crippen LogP) is 2.87. The van der Waals surface area contributed by atoms with Crippen molar-refractivity contribution >= 4 is 33.5 Å². The van der Waals surface area contributed by atoms with E-state index in [0.29, 0.717) is 10.6 Å². The fourth-order valence-electron chi connectivity index (χ4n) is 1.80. The van der Waals surface area contributed by atoms with Crippen LogP contribution in [-0.4, -0.2) is 19.6 Å². The van der Waals surface area contributed by atoms with E-state index in [0.717, 1.165) is 12.1 Å². The zero-order valence-electron chi connectivity index (χ0n) is 11.9. The van der Waals surface area contributed by atoms with E-state index in [-0.39, 0.29) is 16.1 Å². The molecule has 0 aliphatic carbocycles. The Morgan fingerprint density at radius 2 is 1.96 bits per heavy atom. The number of rotatable bonds is 5. The predicted molar refractivity (Wildman–Crippen MR) is 87.2 cm³/mol. The van der Waals surface area contributed by atoms with Crippen LogP contribution in [0.2, 0.25) is 5.02 Å². The summed E-state index contributed by atoms with van der Waals surface area (Å²) in [7, 11) is -3.92. The number of nitrogens with zero attached hydrogens (tertiary/aromatic N) is 2. The number of hydrazone groups is 1. The average molecular weight is 354 g/mol. The van der Waals surface area contributed by atoms with Crippen LogP contribution in [0.5, 0.6) is 0 Å². The van der Waals surface area contributed by atoms with Gasteiger partial charge in [-0.15, -0.1) is 0 Å². The van der Waals surface area contributed by atoms with Gasteiger partial charge in [-0.25, -0.2) is 4.83 Å². The highest BCUT2D eigenvalue weighted by molar-refractivity contribution is 7.89. The quantitative estimate of drug-likeness (QED) is 0.507. The molecule has 0 atom stereocenters. The molecule has 2 aromatic rings. The maximum absolute atomic E-state index is 12.1. The van der Waals surface area contributed by atoms with Gasteiger partial charge in [-0.1, -0.05) is 29.8 Å². The van der Waals surface area contributed by atoms with Gasteiger partial charge in [-0.05, 0) is 25.1 Å². The normalized spacial score (nSPS) is 11.6. The lowest BCUT2D eigenvalue weighted by Crippen LogP contribution is -2.18. The number of nitro groups is 1. The van der Waals surface area contributed by atoms with Gasteiger partial charge in [0.05, 0.1) is 16.0 Å². The summed E-state index contributed by atoms with van der Waals surface area (Å²) >= 11 is 5.93. The molecule has 7 nitrogen and oxygen atoms in total. The van der Waals surface area contributed by atoms with Crippen molar-refractivity contribution < 1.29 is 13.3 Å². The number of aryl methyl sites for hydroxylation is 1. The molecule has 0 saturated heterocycles. The van der Waals surface area contributed by atoms with Crippen molar-refractivity contribution in [2.24, 2.45) is 5.10 Å². The summed E-state index contributed by atoms with van der Waals surface area (Å²) in [4.78, 5) is 12.1. The molecular weight excluding hydrogens is 342 g/mol. The molecule has 0 radical (unpaired) electrons. The Hall–Kier alpha value is -2.45. The second kappa shape index (κ2) is 6.76. The zero-order valence-corrected chi connectivity index (χ0v) is 13.5. The molecule has 1 N–H and O–H groups in total. The fraction of sp³-hybridized carbons (Fsp3) is 0.0714. The van der Waals surface area contributed by atoms with Gasteiger partial charge >= 0.3 is 0 Å². The van der Waals surface area contributed by atoms with Crippen LogP contribution in [0.25, 0.3) is 0 Å². The van der Waals surface area contributed by atoms with Crippen LogP contribution in [0.15, 0.2) is 52.5 Å². The summed E-state index contributed by atoms with van der Waals surface area (Å²) in [5, 5.41) is 14.8. The van der Waals surface area contributed by atoms with Crippen molar-refractivity contribution in [2.75, 3.05) is 0 Å². The van der Waals surface area contributed by atoms with E-state index >= 15 is 0 Å². The topological polar surface area (TPSA) is 102 Å². The lowest BCUT2D eigenvalue weighted by atomic mass is 10.2. The van der Waals surface area contributed by atoms with Gasteiger partial charge in [-0.2, -0.15) is 13.5 Å². The van der Waals surface area contributed by atoms with E-state index in [2.05, 4.69) is 5.10 Å². The van der Waals surface area contributed by atoms with Gasteiger partial charge in [0.2, 0.25) is 0 Å². The number of benzene rings is 2. The number of hydrogen-bond acceptors (Lipinski definition) is 5. The highest BCUT2D eigenvalue weighted by Gasteiger charge is 2.17. The molecule has 9 heteroatoms. The maximum atomic E-state index is 12.1. The van der Waals surface area contributed by atoms with Crippen LogP contribution in [0.3, 0.4) is 0 Å². The van der Waals surface area contributed by atoms with Crippen LogP contribution in [0.1, 0.15) is 11.1 Å². The first-order valence-corrected chi connectivity index (χ1v) is 8.22. The lowest BCUT2D eigenvalue weighted by Gasteiger charge is -2.05. The minimum atomic E-state index is -3.92. The minimum absolute atomic E-state index is 0.114. The van der Waals surface area contributed by atoms with Crippen molar-refractivity contribution in [3.8, 4) is 0 Å². The number of nitrogens with one attached hydrogen (secondary N) is 1. The standard InChI is InChI=1S/C14H12ClN3O4S/c1-10-8-12(6-7-14(10)18(19)20)23(21,22)17-16-9-11-4-2-3-5-13(11)15/h2-9,17H,1H3/b16-9-. The average Bonchev–Trinajstić information content (AvgIpc) is 2.48. The number of hydrogen-bond donors (Lipinski definition) is 1. The van der Waals surface area contributed by atoms with Crippen LogP contribution in [0.4, 0.5) is 5.69 Å². The van der Waals surface area contributed by atoms with Gasteiger partial charge in [0, 0.05) is 22.2 Å². The molecule has 0 heterocycles. The molecule has 0 aromatic heterocycles. The lowest BCUT2D eigenvalue weighted by molar-refractivity contribution is -0.385. The van der Waals surface area contributed by atoms with E-state index in [9.17, 15) is 18.5 Å². The first kappa shape index (κ1) is 16.9. The van der Waals surface area contributed by atoms with Crippen LogP contribution >= 0.6 is 11.6 Å². The summed E-state index contributed by atoms with van der Waals surface area (Å²) in [5.74, 6) is 0. The molecule has 0 unspecified atom stereocenters. The van der Waals surface area contributed by atoms with E-state index in [1.807, 2.05) is 4.83 Å². The van der Waals surface area contributed by atoms with Gasteiger partial charge in [-0.3, -0.25) is 10.1 Å². The summed E-state index contributed by atoms with van der Waals surface area (Å²) in [5.41, 5.74) is 0.647. The summed E-state index contributed by atoms with van der Waals surface area (Å²) in [6.07, 6.45) is 1.28. The monoisotopic (exact) mass is 353 g/mol. The Labute approximate surface area is 137 Å². The van der Waals surface area contributed by atoms with Crippen LogP contribution < -0.4 is 4.83 Å². The third-order valence-corrected chi connectivity index (χ3v) is 4.52. The van der Waals surface area contributed by atoms with Gasteiger partial charge in [0.25, 0.3) is 15.7 Å². The van der Waals surface area contributed by atoms with Crippen molar-refractivity contribution in [3.63, 3.8) is 0 Å². The molecule has 0 aliphatic heterocycles. The highest BCUT2D eigenvalue weighted by atomic mass is 35.5. The molecule has 0 bridgehead atoms. The highest BCUT2D eigenvalue weighted by Crippen LogP contribution is 2.21. The Kier molecular flexibility index (Phi) is 4.97. The smallest absolute Gasteiger partial charge is 0.258 e. The number of sulfonamides is 1. The van der Waals surface area contributed by atoms with Gasteiger partial charge in [0.15, 0.2) is 0 Å². The molecule has 2 aromatic carbocycles. The Morgan fingerprint density at radius 1 is 1.26 bits per heavy atom. The third-order valence-electron chi connectivity index (χ3n) is 2.96. The largest absolute Gasteiger partial charge is 0.276 e.